The van der Waals surface area contributed by atoms with Gasteiger partial charge in [0.1, 0.15) is 5.75 Å². The fourth-order valence-corrected chi connectivity index (χ4v) is 2.78. The predicted octanol–water partition coefficient (Wildman–Crippen LogP) is 2.55. The lowest BCUT2D eigenvalue weighted by Crippen LogP contribution is -2.46. The summed E-state index contributed by atoms with van der Waals surface area (Å²) in [6, 6.07) is 8.48. The molecule has 0 aromatic heterocycles. The Morgan fingerprint density at radius 1 is 1.18 bits per heavy atom. The van der Waals surface area contributed by atoms with Gasteiger partial charge in [-0.15, -0.1) is 0 Å². The molecule has 2 heterocycles. The van der Waals surface area contributed by atoms with Crippen LogP contribution in [0.4, 0.5) is 4.79 Å². The second-order valence-corrected chi connectivity index (χ2v) is 5.31. The van der Waals surface area contributed by atoms with Crippen LogP contribution in [-0.2, 0) is 9.53 Å². The Kier molecular flexibility index (Phi) is 3.96. The van der Waals surface area contributed by atoms with Crippen molar-refractivity contribution in [1.82, 2.24) is 4.90 Å². The van der Waals surface area contributed by atoms with Gasteiger partial charge in [-0.2, -0.15) is 0 Å². The fourth-order valence-electron chi connectivity index (χ4n) is 2.78. The molecule has 2 bridgehead atoms. The average Bonchev–Trinajstić information content (AvgIpc) is 2.87. The first-order valence-corrected chi connectivity index (χ1v) is 7.19. The Bertz CT molecular complexity index is 635. The molecule has 2 aliphatic heterocycles. The average molecular weight is 299 g/mol. The molecule has 2 unspecified atom stereocenters. The smallest absolute Gasteiger partial charge is 0.416 e. The van der Waals surface area contributed by atoms with E-state index in [-0.39, 0.29) is 5.92 Å². The van der Waals surface area contributed by atoms with E-state index in [2.05, 4.69) is 0 Å². The normalized spacial score (nSPS) is 22.8. The number of methoxy groups -OCH3 is 1. The lowest BCUT2D eigenvalue weighted by atomic mass is 10.0. The molecule has 1 aromatic rings. The van der Waals surface area contributed by atoms with Crippen LogP contribution in [0.25, 0.3) is 0 Å². The molecule has 5 nitrogen and oxygen atoms in total. The van der Waals surface area contributed by atoms with Crippen molar-refractivity contribution in [2.45, 2.75) is 12.5 Å². The maximum atomic E-state index is 12.5. The van der Waals surface area contributed by atoms with E-state index in [1.54, 1.807) is 29.2 Å². The van der Waals surface area contributed by atoms with Gasteiger partial charge in [0.05, 0.1) is 18.7 Å². The second kappa shape index (κ2) is 6.05. The van der Waals surface area contributed by atoms with Crippen LogP contribution in [0.1, 0.15) is 6.42 Å². The van der Waals surface area contributed by atoms with Crippen LogP contribution >= 0.6 is 0 Å². The Hall–Kier alpha value is -2.56. The third-order valence-electron chi connectivity index (χ3n) is 3.90. The molecule has 0 spiro atoms. The maximum Gasteiger partial charge on any atom is 0.416 e. The van der Waals surface area contributed by atoms with Gasteiger partial charge < -0.3 is 9.47 Å². The lowest BCUT2D eigenvalue weighted by molar-refractivity contribution is -0.136. The monoisotopic (exact) mass is 299 g/mol. The summed E-state index contributed by atoms with van der Waals surface area (Å²) in [6.45, 7) is 0.532. The molecule has 5 heteroatoms. The number of carbonyl (C=O) groups excluding carboxylic acids is 2. The van der Waals surface area contributed by atoms with Crippen molar-refractivity contribution in [1.29, 1.82) is 0 Å². The van der Waals surface area contributed by atoms with Gasteiger partial charge in [-0.1, -0.05) is 36.4 Å². The first kappa shape index (κ1) is 14.4. The summed E-state index contributed by atoms with van der Waals surface area (Å²) in [5.74, 6) is 0.275. The summed E-state index contributed by atoms with van der Waals surface area (Å²) in [5.41, 5.74) is 0.490. The SMILES string of the molecule is COC(=O)C1=CCC2C=CC1N(C(=O)Oc1ccccc1)C2. The van der Waals surface area contributed by atoms with Crippen molar-refractivity contribution in [3.05, 3.63) is 54.1 Å². The number of para-hydroxylation sites is 1. The van der Waals surface area contributed by atoms with E-state index in [1.165, 1.54) is 7.11 Å². The second-order valence-electron chi connectivity index (χ2n) is 5.31. The van der Waals surface area contributed by atoms with Crippen LogP contribution in [0, 0.1) is 5.92 Å². The first-order valence-electron chi connectivity index (χ1n) is 7.19. The highest BCUT2D eigenvalue weighted by Gasteiger charge is 2.36. The summed E-state index contributed by atoms with van der Waals surface area (Å²) < 4.78 is 10.2. The third-order valence-corrected chi connectivity index (χ3v) is 3.90. The Balaban J connectivity index is 1.82. The standard InChI is InChI=1S/C17H17NO4/c1-21-16(19)14-9-7-12-8-10-15(14)18(11-12)17(20)22-13-5-3-2-4-6-13/h2-6,8-10,12,15H,7,11H2,1H3. The first-order chi connectivity index (χ1) is 10.7. The number of nitrogens with zero attached hydrogens (tertiary/aromatic N) is 1. The molecule has 0 radical (unpaired) electrons. The van der Waals surface area contributed by atoms with Crippen molar-refractivity contribution in [2.75, 3.05) is 13.7 Å². The largest absolute Gasteiger partial charge is 0.466 e. The minimum Gasteiger partial charge on any atom is -0.466 e. The van der Waals surface area contributed by atoms with E-state index in [0.717, 1.165) is 0 Å². The zero-order valence-corrected chi connectivity index (χ0v) is 12.3. The summed E-state index contributed by atoms with van der Waals surface area (Å²) in [7, 11) is 1.34. The minimum atomic E-state index is -0.456. The number of benzene rings is 1. The quantitative estimate of drug-likeness (QED) is 0.622. The molecule has 0 saturated carbocycles. The maximum absolute atomic E-state index is 12.5. The van der Waals surface area contributed by atoms with Crippen LogP contribution in [0.5, 0.6) is 5.75 Å². The molecule has 2 atom stereocenters. The molecule has 22 heavy (non-hydrogen) atoms. The molecule has 0 fully saturated rings. The highest BCUT2D eigenvalue weighted by molar-refractivity contribution is 5.91. The number of rotatable bonds is 2. The van der Waals surface area contributed by atoms with Gasteiger partial charge in [-0.25, -0.2) is 9.59 Å². The Morgan fingerprint density at radius 2 is 1.95 bits per heavy atom. The molecule has 1 aliphatic carbocycles. The number of hydrogen-bond acceptors (Lipinski definition) is 4. The zero-order valence-electron chi connectivity index (χ0n) is 12.3. The van der Waals surface area contributed by atoms with E-state index >= 15 is 0 Å². The van der Waals surface area contributed by atoms with Crippen LogP contribution in [0.3, 0.4) is 0 Å². The number of fused-ring (bicyclic) bond motifs is 2. The molecule has 4 rings (SSSR count). The van der Waals surface area contributed by atoms with Crippen molar-refractivity contribution in [2.24, 2.45) is 5.92 Å². The van der Waals surface area contributed by atoms with E-state index in [0.29, 0.717) is 24.3 Å². The predicted molar refractivity (Wildman–Crippen MR) is 80.3 cm³/mol. The summed E-state index contributed by atoms with van der Waals surface area (Å²) in [4.78, 5) is 26.0. The van der Waals surface area contributed by atoms with Gasteiger partial charge in [-0.3, -0.25) is 4.90 Å². The Labute approximate surface area is 128 Å². The van der Waals surface area contributed by atoms with Gasteiger partial charge >= 0.3 is 12.1 Å². The molecule has 0 N–H and O–H groups in total. The van der Waals surface area contributed by atoms with Gasteiger partial charge in [0.15, 0.2) is 0 Å². The molecule has 3 aliphatic rings. The van der Waals surface area contributed by atoms with E-state index in [1.807, 2.05) is 24.3 Å². The van der Waals surface area contributed by atoms with Gasteiger partial charge in [0, 0.05) is 6.54 Å². The number of carbonyl (C=O) groups is 2. The third kappa shape index (κ3) is 2.74. The summed E-state index contributed by atoms with van der Waals surface area (Å²) >= 11 is 0. The van der Waals surface area contributed by atoms with Crippen molar-refractivity contribution >= 4 is 12.1 Å². The van der Waals surface area contributed by atoms with Crippen molar-refractivity contribution < 1.29 is 19.1 Å². The van der Waals surface area contributed by atoms with Gasteiger partial charge in [0.2, 0.25) is 0 Å². The van der Waals surface area contributed by atoms with Crippen LogP contribution in [-0.4, -0.2) is 36.7 Å². The van der Waals surface area contributed by atoms with E-state index in [9.17, 15) is 9.59 Å². The van der Waals surface area contributed by atoms with E-state index in [4.69, 9.17) is 9.47 Å². The van der Waals surface area contributed by atoms with Crippen molar-refractivity contribution in [3.8, 4) is 5.75 Å². The fraction of sp³-hybridized carbons (Fsp3) is 0.294. The van der Waals surface area contributed by atoms with Crippen LogP contribution < -0.4 is 4.74 Å². The highest BCUT2D eigenvalue weighted by atomic mass is 16.6. The van der Waals surface area contributed by atoms with Gasteiger partial charge in [-0.05, 0) is 24.5 Å². The topological polar surface area (TPSA) is 55.8 Å². The van der Waals surface area contributed by atoms with E-state index < -0.39 is 18.1 Å². The number of allylic oxidation sites excluding steroid dienone is 1. The summed E-state index contributed by atoms with van der Waals surface area (Å²) in [6.07, 6.45) is 6.03. The van der Waals surface area contributed by atoms with Crippen molar-refractivity contribution in [3.63, 3.8) is 0 Å². The summed E-state index contributed by atoms with van der Waals surface area (Å²) in [5, 5.41) is 0. The molecular weight excluding hydrogens is 282 g/mol. The number of amides is 1. The zero-order chi connectivity index (χ0) is 15.5. The minimum absolute atomic E-state index is 0.196. The Morgan fingerprint density at radius 3 is 2.68 bits per heavy atom. The molecule has 1 amide bonds. The van der Waals surface area contributed by atoms with Gasteiger partial charge in [0.25, 0.3) is 0 Å². The van der Waals surface area contributed by atoms with Crippen LogP contribution in [0.15, 0.2) is 54.1 Å². The molecule has 0 saturated heterocycles. The molecular formula is C17H17NO4. The highest BCUT2D eigenvalue weighted by Crippen LogP contribution is 2.29. The van der Waals surface area contributed by atoms with Crippen LogP contribution in [0.2, 0.25) is 0 Å². The molecule has 1 aromatic carbocycles. The molecule has 114 valence electrons. The number of ether oxygens (including phenoxy) is 2. The number of hydrogen-bond donors (Lipinski definition) is 0. The number of esters is 1. The lowest BCUT2D eigenvalue weighted by Gasteiger charge is -2.32.